The first-order chi connectivity index (χ1) is 36.9. The number of nitrogen functional groups attached to an aromatic ring is 1. The number of nitrogens with two attached hydrogens (primary N) is 1. The van der Waals surface area contributed by atoms with Gasteiger partial charge in [-0.25, -0.2) is 9.97 Å². The zero-order valence-electron chi connectivity index (χ0n) is 45.2. The number of hydrogen-bond acceptors (Lipinski definition) is 15. The summed E-state index contributed by atoms with van der Waals surface area (Å²) in [6.45, 7) is 19.9. The summed E-state index contributed by atoms with van der Waals surface area (Å²) in [4.78, 5) is 47.5. The molecule has 2 aliphatic heterocycles. The number of imidazole rings is 2. The second-order valence-electron chi connectivity index (χ2n) is 23.3. The minimum atomic E-state index is -0.0630. The standard InChI is InChI=1S/C28H32ClN7O3.C15H11BrClN3O2.C13H21N3O/c1-16(37)8-17-9-19(6-7-30-17)39-20-13-31-25-24(23(20)29)35(5)26(33-25)32-22-10-21(27(2,3)4)36(34-22)18-11-28(12-18)14-38-15-28;1-8(21)6-9-7-10(4-5-18-9)22-12-3-2-11-14(13(12)17)20-15(16)19-11;1-12(2,3)10-4-11(14)15-16(10)9-5-13(6-9)7-17-8-13/h6-7,9-10,13,18H,8,11-12,14-15H2,1-5H3,(H,31,32,33,34);2-5,7H,6H2,1H3,(H,19,20);4,9H,5-8H2,1-3H3,(H2,14,15). The molecule has 4 N–H and O–H groups in total. The average Bonchev–Trinajstić information content (AvgIpc) is 4.09. The van der Waals surface area contributed by atoms with Crippen molar-refractivity contribution in [1.82, 2.24) is 54.0 Å². The molecule has 0 amide bonds. The van der Waals surface area contributed by atoms with E-state index in [-0.39, 0.29) is 35.2 Å². The van der Waals surface area contributed by atoms with E-state index in [0.717, 1.165) is 50.6 Å². The summed E-state index contributed by atoms with van der Waals surface area (Å²) in [5, 5.41) is 13.6. The van der Waals surface area contributed by atoms with Crippen LogP contribution >= 0.6 is 39.1 Å². The smallest absolute Gasteiger partial charge is 0.210 e. The predicted molar refractivity (Wildman–Crippen MR) is 302 cm³/mol. The molecule has 22 heteroatoms. The molecule has 78 heavy (non-hydrogen) atoms. The quantitative estimate of drug-likeness (QED) is 0.103. The molecular formula is C56H64BrCl2N13O6. The number of halogens is 3. The first kappa shape index (κ1) is 54.9. The Morgan fingerprint density at radius 3 is 1.82 bits per heavy atom. The fraction of sp³-hybridized carbons (Fsp3) is 0.446. The van der Waals surface area contributed by atoms with Gasteiger partial charge in [-0.1, -0.05) is 64.7 Å². The van der Waals surface area contributed by atoms with Crippen LogP contribution < -0.4 is 20.5 Å². The Labute approximate surface area is 470 Å². The molecule has 12 rings (SSSR count). The van der Waals surface area contributed by atoms with Crippen LogP contribution in [0.2, 0.25) is 10.0 Å². The van der Waals surface area contributed by atoms with Crippen molar-refractivity contribution in [3.63, 3.8) is 0 Å². The number of pyridine rings is 3. The molecule has 19 nitrogen and oxygen atoms in total. The predicted octanol–water partition coefficient (Wildman–Crippen LogP) is 11.9. The minimum Gasteiger partial charge on any atom is -0.456 e. The first-order valence-corrected chi connectivity index (χ1v) is 27.5. The Morgan fingerprint density at radius 1 is 0.756 bits per heavy atom. The molecule has 2 aliphatic carbocycles. The Balaban J connectivity index is 0.000000148. The second-order valence-corrected chi connectivity index (χ2v) is 24.8. The third-order valence-electron chi connectivity index (χ3n) is 14.5. The number of anilines is 3. The number of hydrogen-bond donors (Lipinski definition) is 3. The molecule has 0 unspecified atom stereocenters. The minimum absolute atomic E-state index is 0.0275. The number of ketones is 2. The van der Waals surface area contributed by atoms with Crippen LogP contribution in [-0.2, 0) is 49.8 Å². The van der Waals surface area contributed by atoms with Crippen molar-refractivity contribution < 1.29 is 28.5 Å². The molecule has 8 aromatic rings. The number of H-pyrrole nitrogens is 1. The number of aromatic nitrogens is 11. The molecule has 1 aromatic carbocycles. The third kappa shape index (κ3) is 11.6. The average molecular weight is 1170 g/mol. The van der Waals surface area contributed by atoms with Crippen molar-refractivity contribution in [3.8, 4) is 23.0 Å². The van der Waals surface area contributed by atoms with Gasteiger partial charge in [-0.2, -0.15) is 15.2 Å². The van der Waals surface area contributed by atoms with Gasteiger partial charge in [0, 0.05) is 89.6 Å². The van der Waals surface area contributed by atoms with Gasteiger partial charge in [0.05, 0.1) is 61.6 Å². The maximum absolute atomic E-state index is 11.5. The Kier molecular flexibility index (Phi) is 15.0. The number of fused-ring (bicyclic) bond motifs is 2. The number of carbonyl (C=O) groups excluding carboxylic acids is 2. The lowest BCUT2D eigenvalue weighted by atomic mass is 9.64. The fourth-order valence-corrected chi connectivity index (χ4v) is 11.4. The zero-order valence-corrected chi connectivity index (χ0v) is 48.3. The fourth-order valence-electron chi connectivity index (χ4n) is 10.5. The lowest BCUT2D eigenvalue weighted by Crippen LogP contribution is -2.53. The van der Waals surface area contributed by atoms with Crippen LogP contribution in [0.3, 0.4) is 0 Å². The van der Waals surface area contributed by atoms with Gasteiger partial charge < -0.3 is 39.5 Å². The van der Waals surface area contributed by atoms with Crippen LogP contribution in [-0.4, -0.2) is 92.0 Å². The highest BCUT2D eigenvalue weighted by Crippen LogP contribution is 2.55. The van der Waals surface area contributed by atoms with Crippen LogP contribution in [0.4, 0.5) is 17.6 Å². The molecule has 9 heterocycles. The normalized spacial score (nSPS) is 17.3. The molecule has 2 saturated heterocycles. The Hall–Kier alpha value is -6.45. The maximum Gasteiger partial charge on any atom is 0.210 e. The van der Waals surface area contributed by atoms with Gasteiger partial charge in [-0.15, -0.1) is 0 Å². The van der Waals surface area contributed by atoms with Crippen LogP contribution in [0.25, 0.3) is 22.2 Å². The van der Waals surface area contributed by atoms with Crippen molar-refractivity contribution in [2.45, 2.75) is 117 Å². The Bertz CT molecular complexity index is 3550. The van der Waals surface area contributed by atoms with E-state index in [1.165, 1.54) is 38.1 Å². The van der Waals surface area contributed by atoms with Gasteiger partial charge in [0.2, 0.25) is 5.95 Å². The van der Waals surface area contributed by atoms with Crippen molar-refractivity contribution in [1.29, 1.82) is 0 Å². The number of benzene rings is 1. The van der Waals surface area contributed by atoms with Crippen LogP contribution in [0.15, 0.2) is 71.9 Å². The monoisotopic (exact) mass is 1160 g/mol. The first-order valence-electron chi connectivity index (χ1n) is 25.9. The van der Waals surface area contributed by atoms with Crippen molar-refractivity contribution in [3.05, 3.63) is 105 Å². The summed E-state index contributed by atoms with van der Waals surface area (Å²) in [6, 6.07) is 15.5. The van der Waals surface area contributed by atoms with E-state index in [1.807, 2.05) is 23.7 Å². The van der Waals surface area contributed by atoms with Gasteiger partial charge in [0.15, 0.2) is 21.9 Å². The van der Waals surface area contributed by atoms with Gasteiger partial charge >= 0.3 is 0 Å². The van der Waals surface area contributed by atoms with Crippen LogP contribution in [0.5, 0.6) is 23.0 Å². The van der Waals surface area contributed by atoms with Gasteiger partial charge in [0.25, 0.3) is 0 Å². The van der Waals surface area contributed by atoms with E-state index in [4.69, 9.17) is 53.0 Å². The number of aryl methyl sites for hydroxylation is 1. The number of ether oxygens (including phenoxy) is 4. The second kappa shape index (κ2) is 21.3. The van der Waals surface area contributed by atoms with Crippen LogP contribution in [0.1, 0.15) is 116 Å². The summed E-state index contributed by atoms with van der Waals surface area (Å²) in [5.41, 5.74) is 13.0. The highest BCUT2D eigenvalue weighted by atomic mass is 79.9. The number of nitrogens with one attached hydrogen (secondary N) is 2. The number of carbonyl (C=O) groups is 2. The van der Waals surface area contributed by atoms with E-state index in [1.54, 1.807) is 48.9 Å². The van der Waals surface area contributed by atoms with Gasteiger partial charge in [-0.05, 0) is 79.7 Å². The van der Waals surface area contributed by atoms with E-state index in [2.05, 4.69) is 113 Å². The summed E-state index contributed by atoms with van der Waals surface area (Å²) in [5.74, 6) is 3.99. The summed E-state index contributed by atoms with van der Waals surface area (Å²) >= 11 is 16.4. The Morgan fingerprint density at radius 2 is 1.29 bits per heavy atom. The SMILES string of the molecule is CC(=O)Cc1cc(Oc2ccc3[nH]c(Br)nc3c2Cl)ccn1.CC(=O)Cc1cc(Oc2cnc3nc(Nc4cc(C(C)(C)C)n(C5CC6(COC6)C5)n4)n(C)c3c2Cl)ccn1.CC(C)(C)c1cc(N)nn1C1CC2(COC2)C1. The summed E-state index contributed by atoms with van der Waals surface area (Å²) < 4.78 is 29.4. The molecule has 0 bridgehead atoms. The molecule has 0 radical (unpaired) electrons. The van der Waals surface area contributed by atoms with Crippen molar-refractivity contribution in [2.75, 3.05) is 37.5 Å². The third-order valence-corrected chi connectivity index (χ3v) is 15.6. The van der Waals surface area contributed by atoms with E-state index in [9.17, 15) is 9.59 Å². The number of aromatic amines is 1. The molecule has 7 aromatic heterocycles. The molecular weight excluding hydrogens is 1100 g/mol. The summed E-state index contributed by atoms with van der Waals surface area (Å²) in [6.07, 6.45) is 9.85. The van der Waals surface area contributed by atoms with Crippen molar-refractivity contribution in [2.24, 2.45) is 17.9 Å². The van der Waals surface area contributed by atoms with Crippen molar-refractivity contribution >= 4 is 90.5 Å². The van der Waals surface area contributed by atoms with E-state index in [0.29, 0.717) is 101 Å². The summed E-state index contributed by atoms with van der Waals surface area (Å²) in [7, 11) is 1.88. The highest BCUT2D eigenvalue weighted by Gasteiger charge is 2.52. The lowest BCUT2D eigenvalue weighted by molar-refractivity contribution is -0.176. The van der Waals surface area contributed by atoms with Gasteiger partial charge in [-0.3, -0.25) is 28.9 Å². The van der Waals surface area contributed by atoms with Gasteiger partial charge in [0.1, 0.15) is 55.7 Å². The number of Topliss-reactive ketones (excluding diaryl/α,β-unsaturated/α-hetero) is 2. The largest absolute Gasteiger partial charge is 0.456 e. The molecule has 2 saturated carbocycles. The van der Waals surface area contributed by atoms with E-state index < -0.39 is 0 Å². The van der Waals surface area contributed by atoms with E-state index >= 15 is 0 Å². The molecule has 4 fully saturated rings. The molecule has 0 atom stereocenters. The topological polar surface area (TPSA) is 230 Å². The molecule has 410 valence electrons. The van der Waals surface area contributed by atoms with Crippen LogP contribution in [0, 0.1) is 10.8 Å². The number of rotatable bonds is 12. The highest BCUT2D eigenvalue weighted by molar-refractivity contribution is 9.10. The lowest BCUT2D eigenvalue weighted by Gasteiger charge is -2.53. The number of nitrogens with zero attached hydrogens (tertiary/aromatic N) is 10. The maximum atomic E-state index is 11.5. The zero-order chi connectivity index (χ0) is 55.5. The molecule has 4 aliphatic rings. The molecule has 2 spiro atoms.